The van der Waals surface area contributed by atoms with Crippen LogP contribution in [0.3, 0.4) is 0 Å². The molecule has 0 fully saturated rings. The van der Waals surface area contributed by atoms with Gasteiger partial charge < -0.3 is 15.3 Å². The highest BCUT2D eigenvalue weighted by Gasteiger charge is 2.20. The summed E-state index contributed by atoms with van der Waals surface area (Å²) in [7, 11) is 0. The Hall–Kier alpha value is -1.56. The molecule has 0 spiro atoms. The van der Waals surface area contributed by atoms with Crippen LogP contribution in [0.2, 0.25) is 0 Å². The Morgan fingerprint density at radius 1 is 0.955 bits per heavy atom. The highest BCUT2D eigenvalue weighted by Crippen LogP contribution is 2.38. The van der Waals surface area contributed by atoms with Crippen LogP contribution in [0.4, 0.5) is 0 Å². The molecule has 0 saturated carbocycles. The summed E-state index contributed by atoms with van der Waals surface area (Å²) in [6.07, 6.45) is 1.32. The van der Waals surface area contributed by atoms with Crippen LogP contribution < -0.4 is 5.56 Å². The number of aromatic nitrogens is 2. The second-order valence-corrected chi connectivity index (χ2v) is 6.64. The molecule has 0 atom stereocenters. The first-order valence-corrected chi connectivity index (χ1v) is 8.17. The second kappa shape index (κ2) is 5.57. The van der Waals surface area contributed by atoms with Gasteiger partial charge >= 0.3 is 0 Å². The third kappa shape index (κ3) is 2.29. The zero-order valence-corrected chi connectivity index (χ0v) is 15.1. The lowest BCUT2D eigenvalue weighted by molar-refractivity contribution is 0.445. The van der Waals surface area contributed by atoms with Crippen molar-refractivity contribution in [3.63, 3.8) is 0 Å². The van der Waals surface area contributed by atoms with Gasteiger partial charge in [-0.25, -0.2) is 4.98 Å². The standard InChI is InChI=1S/C14H8I2N2O4/c15-9-11-8(12(20)10(16)13(9)21)14(22)18(5-17-11)6-1-3-7(19)4-2-6/h1-5,19-21H. The van der Waals surface area contributed by atoms with Crippen molar-refractivity contribution in [2.75, 3.05) is 0 Å². The minimum atomic E-state index is -0.455. The molecule has 0 saturated heterocycles. The van der Waals surface area contributed by atoms with E-state index in [2.05, 4.69) is 4.98 Å². The maximum Gasteiger partial charge on any atom is 0.269 e. The summed E-state index contributed by atoms with van der Waals surface area (Å²) in [5.74, 6) is -0.304. The quantitative estimate of drug-likeness (QED) is 0.428. The molecule has 22 heavy (non-hydrogen) atoms. The number of hydrogen-bond donors (Lipinski definition) is 3. The van der Waals surface area contributed by atoms with E-state index in [-0.39, 0.29) is 31.7 Å². The molecule has 3 rings (SSSR count). The molecule has 0 unspecified atom stereocenters. The Morgan fingerprint density at radius 3 is 2.23 bits per heavy atom. The fourth-order valence-electron chi connectivity index (χ4n) is 2.06. The van der Waals surface area contributed by atoms with E-state index in [1.165, 1.54) is 23.0 Å². The summed E-state index contributed by atoms with van der Waals surface area (Å²) < 4.78 is 1.88. The van der Waals surface area contributed by atoms with E-state index in [4.69, 9.17) is 0 Å². The fraction of sp³-hybridized carbons (Fsp3) is 0. The van der Waals surface area contributed by atoms with Crippen LogP contribution in [0.1, 0.15) is 0 Å². The van der Waals surface area contributed by atoms with E-state index in [1.54, 1.807) is 34.7 Å². The predicted molar refractivity (Wildman–Crippen MR) is 97.8 cm³/mol. The molecule has 112 valence electrons. The first-order chi connectivity index (χ1) is 10.4. The average molecular weight is 522 g/mol. The summed E-state index contributed by atoms with van der Waals surface area (Å²) in [5, 5.41) is 29.5. The lowest BCUT2D eigenvalue weighted by atomic mass is 10.2. The Labute approximate surface area is 151 Å². The van der Waals surface area contributed by atoms with E-state index in [0.717, 1.165) is 0 Å². The number of phenols is 3. The minimum Gasteiger partial charge on any atom is -0.508 e. The van der Waals surface area contributed by atoms with Crippen molar-refractivity contribution in [1.29, 1.82) is 0 Å². The molecule has 0 aliphatic carbocycles. The summed E-state index contributed by atoms with van der Waals surface area (Å²) >= 11 is 3.66. The molecule has 0 aliphatic rings. The third-order valence-corrected chi connectivity index (χ3v) is 5.21. The second-order valence-electron chi connectivity index (χ2n) is 4.48. The van der Waals surface area contributed by atoms with E-state index in [1.807, 2.05) is 22.6 Å². The van der Waals surface area contributed by atoms with Crippen molar-refractivity contribution in [2.45, 2.75) is 0 Å². The Kier molecular flexibility index (Phi) is 3.89. The third-order valence-electron chi connectivity index (χ3n) is 3.17. The molecule has 0 amide bonds. The number of rotatable bonds is 1. The zero-order chi connectivity index (χ0) is 16.0. The predicted octanol–water partition coefficient (Wildman–Crippen LogP) is 2.71. The Morgan fingerprint density at radius 2 is 1.59 bits per heavy atom. The van der Waals surface area contributed by atoms with Gasteiger partial charge in [-0.2, -0.15) is 0 Å². The topological polar surface area (TPSA) is 95.6 Å². The molecule has 0 radical (unpaired) electrons. The highest BCUT2D eigenvalue weighted by molar-refractivity contribution is 14.1. The van der Waals surface area contributed by atoms with Crippen LogP contribution in [0.15, 0.2) is 35.4 Å². The first kappa shape index (κ1) is 15.3. The lowest BCUT2D eigenvalue weighted by Gasteiger charge is -2.11. The lowest BCUT2D eigenvalue weighted by Crippen LogP contribution is -2.19. The van der Waals surface area contributed by atoms with Crippen LogP contribution in [0.5, 0.6) is 17.2 Å². The molecule has 1 aromatic heterocycles. The molecule has 1 heterocycles. The van der Waals surface area contributed by atoms with Crippen LogP contribution in [0.25, 0.3) is 16.6 Å². The smallest absolute Gasteiger partial charge is 0.269 e. The van der Waals surface area contributed by atoms with Crippen molar-refractivity contribution >= 4 is 56.1 Å². The molecular weight excluding hydrogens is 514 g/mol. The van der Waals surface area contributed by atoms with E-state index in [0.29, 0.717) is 9.26 Å². The van der Waals surface area contributed by atoms with E-state index < -0.39 is 5.56 Å². The van der Waals surface area contributed by atoms with Crippen LogP contribution in [0, 0.1) is 7.14 Å². The average Bonchev–Trinajstić information content (AvgIpc) is 2.51. The number of hydrogen-bond acceptors (Lipinski definition) is 5. The van der Waals surface area contributed by atoms with Gasteiger partial charge in [0.05, 0.1) is 18.3 Å². The number of phenolic OH excluding ortho intramolecular Hbond substituents is 3. The molecule has 0 bridgehead atoms. The molecular formula is C14H8I2N2O4. The van der Waals surface area contributed by atoms with Gasteiger partial charge in [0, 0.05) is 0 Å². The van der Waals surface area contributed by atoms with Gasteiger partial charge in [-0.05, 0) is 69.4 Å². The van der Waals surface area contributed by atoms with Gasteiger partial charge in [0.15, 0.2) is 0 Å². The Bertz CT molecular complexity index is 952. The van der Waals surface area contributed by atoms with Gasteiger partial charge in [-0.3, -0.25) is 9.36 Å². The van der Waals surface area contributed by atoms with Gasteiger partial charge in [0.1, 0.15) is 29.0 Å². The number of aromatic hydroxyl groups is 3. The van der Waals surface area contributed by atoms with Crippen LogP contribution in [-0.2, 0) is 0 Å². The summed E-state index contributed by atoms with van der Waals surface area (Å²) in [4.78, 5) is 16.8. The maximum absolute atomic E-state index is 12.7. The zero-order valence-electron chi connectivity index (χ0n) is 10.8. The van der Waals surface area contributed by atoms with Crippen LogP contribution in [-0.4, -0.2) is 24.9 Å². The maximum atomic E-state index is 12.7. The number of nitrogens with zero attached hydrogens (tertiary/aromatic N) is 2. The number of halogens is 2. The van der Waals surface area contributed by atoms with E-state index in [9.17, 15) is 20.1 Å². The fourth-order valence-corrected chi connectivity index (χ4v) is 3.80. The molecule has 3 aromatic rings. The van der Waals surface area contributed by atoms with Gasteiger partial charge in [0.2, 0.25) is 0 Å². The van der Waals surface area contributed by atoms with Gasteiger partial charge in [-0.1, -0.05) is 0 Å². The van der Waals surface area contributed by atoms with Gasteiger partial charge in [-0.15, -0.1) is 0 Å². The molecule has 2 aromatic carbocycles. The van der Waals surface area contributed by atoms with E-state index >= 15 is 0 Å². The SMILES string of the molecule is O=c1c2c(O)c(I)c(O)c(I)c2ncn1-c1ccc(O)cc1. The Balaban J connectivity index is 2.40. The number of benzene rings is 2. The van der Waals surface area contributed by atoms with Crippen molar-refractivity contribution in [3.8, 4) is 22.9 Å². The van der Waals surface area contributed by atoms with Gasteiger partial charge in [0.25, 0.3) is 5.56 Å². The molecule has 8 heteroatoms. The summed E-state index contributed by atoms with van der Waals surface area (Å²) in [6, 6.07) is 6.04. The monoisotopic (exact) mass is 522 g/mol. The minimum absolute atomic E-state index is 0.0437. The molecule has 3 N–H and O–H groups in total. The van der Waals surface area contributed by atoms with Crippen molar-refractivity contribution < 1.29 is 15.3 Å². The van der Waals surface area contributed by atoms with Crippen molar-refractivity contribution in [2.24, 2.45) is 0 Å². The summed E-state index contributed by atoms with van der Waals surface area (Å²) in [5.41, 5.74) is 0.301. The molecule has 6 nitrogen and oxygen atoms in total. The highest BCUT2D eigenvalue weighted by atomic mass is 127. The van der Waals surface area contributed by atoms with Crippen molar-refractivity contribution in [3.05, 3.63) is 48.1 Å². The van der Waals surface area contributed by atoms with Crippen molar-refractivity contribution in [1.82, 2.24) is 9.55 Å². The number of fused-ring (bicyclic) bond motifs is 1. The normalized spacial score (nSPS) is 11.0. The molecule has 0 aliphatic heterocycles. The summed E-state index contributed by atoms with van der Waals surface area (Å²) in [6.45, 7) is 0. The first-order valence-electron chi connectivity index (χ1n) is 6.01. The van der Waals surface area contributed by atoms with Crippen LogP contribution >= 0.6 is 45.2 Å². The largest absolute Gasteiger partial charge is 0.508 e.